The molecule has 0 saturated carbocycles. The van der Waals surface area contributed by atoms with Crippen LogP contribution >= 0.6 is 0 Å². The molecular formula is C18H26N4O5. The monoisotopic (exact) mass is 378 g/mol. The topological polar surface area (TPSA) is 132 Å². The van der Waals surface area contributed by atoms with Gasteiger partial charge in [0, 0.05) is 12.7 Å². The maximum absolute atomic E-state index is 13.0. The van der Waals surface area contributed by atoms with Crippen LogP contribution in [0.1, 0.15) is 39.0 Å². The number of aromatic nitrogens is 1. The fourth-order valence-corrected chi connectivity index (χ4v) is 3.25. The summed E-state index contributed by atoms with van der Waals surface area (Å²) in [4.78, 5) is 42.7. The average molecular weight is 378 g/mol. The Morgan fingerprint density at radius 3 is 2.78 bits per heavy atom. The molecule has 1 fully saturated rings. The van der Waals surface area contributed by atoms with Gasteiger partial charge in [-0.1, -0.05) is 25.8 Å². The van der Waals surface area contributed by atoms with Crippen molar-refractivity contribution >= 4 is 23.5 Å². The van der Waals surface area contributed by atoms with Crippen LogP contribution in [0.3, 0.4) is 0 Å². The Bertz CT molecular complexity index is 654. The smallest absolute Gasteiger partial charge is 0.272 e. The number of hydrogen-bond acceptors (Lipinski definition) is 6. The van der Waals surface area contributed by atoms with Gasteiger partial charge >= 0.3 is 0 Å². The quantitative estimate of drug-likeness (QED) is 0.389. The fraction of sp³-hybridized carbons (Fsp3) is 0.556. The van der Waals surface area contributed by atoms with Crippen molar-refractivity contribution in [3.8, 4) is 0 Å². The molecule has 1 aliphatic rings. The molecule has 0 unspecified atom stereocenters. The third-order valence-corrected chi connectivity index (χ3v) is 4.70. The number of nitrogens with one attached hydrogen (secondary N) is 2. The van der Waals surface area contributed by atoms with Gasteiger partial charge in [-0.3, -0.25) is 19.6 Å². The summed E-state index contributed by atoms with van der Waals surface area (Å²) in [6.45, 7) is 2.30. The molecule has 1 aliphatic heterocycles. The van der Waals surface area contributed by atoms with E-state index in [2.05, 4.69) is 10.3 Å². The summed E-state index contributed by atoms with van der Waals surface area (Å²) in [6.07, 6.45) is 2.72. The lowest BCUT2D eigenvalue weighted by molar-refractivity contribution is -0.152. The molecule has 9 nitrogen and oxygen atoms in total. The van der Waals surface area contributed by atoms with Crippen molar-refractivity contribution in [3.05, 3.63) is 24.4 Å². The van der Waals surface area contributed by atoms with Crippen molar-refractivity contribution < 1.29 is 24.7 Å². The van der Waals surface area contributed by atoms with E-state index in [0.29, 0.717) is 31.6 Å². The summed E-state index contributed by atoms with van der Waals surface area (Å²) in [6, 6.07) is 4.43. The summed E-state index contributed by atoms with van der Waals surface area (Å²) in [7, 11) is 0. The molecular weight excluding hydrogens is 352 g/mol. The molecule has 0 radical (unpaired) electrons. The van der Waals surface area contributed by atoms with Crippen LogP contribution in [0.15, 0.2) is 24.4 Å². The number of pyridine rings is 1. The second-order valence-electron chi connectivity index (χ2n) is 6.56. The normalized spacial score (nSPS) is 18.6. The van der Waals surface area contributed by atoms with Gasteiger partial charge in [-0.05, 0) is 31.4 Å². The number of anilines is 1. The Morgan fingerprint density at radius 2 is 2.15 bits per heavy atom. The third kappa shape index (κ3) is 5.24. The molecule has 0 aliphatic carbocycles. The van der Waals surface area contributed by atoms with Crippen molar-refractivity contribution in [1.82, 2.24) is 15.4 Å². The van der Waals surface area contributed by atoms with Gasteiger partial charge in [-0.15, -0.1) is 0 Å². The average Bonchev–Trinajstić information content (AvgIpc) is 3.18. The molecule has 4 N–H and O–H groups in total. The molecule has 3 amide bonds. The van der Waals surface area contributed by atoms with Crippen molar-refractivity contribution in [3.63, 3.8) is 0 Å². The molecule has 0 spiro atoms. The van der Waals surface area contributed by atoms with Gasteiger partial charge in [0.1, 0.15) is 18.0 Å². The van der Waals surface area contributed by atoms with E-state index < -0.39 is 29.9 Å². The Kier molecular flexibility index (Phi) is 7.68. The number of carbonyl (C=O) groups excluding carboxylic acids is 3. The van der Waals surface area contributed by atoms with E-state index in [1.54, 1.807) is 24.4 Å². The zero-order chi connectivity index (χ0) is 19.8. The Morgan fingerprint density at radius 1 is 1.37 bits per heavy atom. The third-order valence-electron chi connectivity index (χ3n) is 4.70. The first kappa shape index (κ1) is 20.8. The first-order valence-corrected chi connectivity index (χ1v) is 9.14. The molecule has 0 aromatic carbocycles. The van der Waals surface area contributed by atoms with Crippen molar-refractivity contribution in [2.24, 2.45) is 5.92 Å². The summed E-state index contributed by atoms with van der Waals surface area (Å²) < 4.78 is 0. The number of hydrogen-bond donors (Lipinski definition) is 4. The number of aliphatic hydroxyl groups is 1. The second kappa shape index (κ2) is 9.98. The van der Waals surface area contributed by atoms with Crippen LogP contribution in [-0.4, -0.2) is 56.6 Å². The van der Waals surface area contributed by atoms with Crippen LogP contribution in [-0.2, 0) is 14.4 Å². The van der Waals surface area contributed by atoms with Gasteiger partial charge in [0.2, 0.25) is 11.8 Å². The van der Waals surface area contributed by atoms with E-state index in [1.807, 2.05) is 6.92 Å². The zero-order valence-corrected chi connectivity index (χ0v) is 15.3. The Labute approximate surface area is 157 Å². The summed E-state index contributed by atoms with van der Waals surface area (Å²) in [5.74, 6) is -2.46. The predicted octanol–water partition coefficient (Wildman–Crippen LogP) is 0.684. The minimum atomic E-state index is -1.67. The summed E-state index contributed by atoms with van der Waals surface area (Å²) >= 11 is 0. The standard InChI is InChI=1S/C18H26N4O5/c1-2-3-7-12(15(23)17(25)21-27)18(26)22-11-6-8-13(22)16(24)20-14-9-4-5-10-19-14/h4-5,9-10,12-13,15,23,27H,2-3,6-8,11H2,1H3,(H,21,25)(H,19,20,24)/t12-,13+,15+/m1/s1. The minimum absolute atomic E-state index is 0.287. The van der Waals surface area contributed by atoms with Crippen LogP contribution in [0.5, 0.6) is 0 Å². The number of likely N-dealkylation sites (tertiary alicyclic amines) is 1. The lowest BCUT2D eigenvalue weighted by Crippen LogP contribution is -2.50. The SMILES string of the molecule is CCCC[C@@H](C(=O)N1CCC[C@H]1C(=O)Nc1ccccn1)[C@H](O)C(=O)NO. The lowest BCUT2D eigenvalue weighted by atomic mass is 9.93. The van der Waals surface area contributed by atoms with Crippen LogP contribution in [0.25, 0.3) is 0 Å². The first-order valence-electron chi connectivity index (χ1n) is 9.14. The van der Waals surface area contributed by atoms with Crippen molar-refractivity contribution in [2.45, 2.75) is 51.2 Å². The summed E-state index contributed by atoms with van der Waals surface area (Å²) in [5, 5.41) is 21.6. The molecule has 1 saturated heterocycles. The highest BCUT2D eigenvalue weighted by molar-refractivity contribution is 5.98. The van der Waals surface area contributed by atoms with E-state index in [9.17, 15) is 19.5 Å². The highest BCUT2D eigenvalue weighted by Crippen LogP contribution is 2.25. The molecule has 3 atom stereocenters. The number of unbranched alkanes of at least 4 members (excludes halogenated alkanes) is 1. The van der Waals surface area contributed by atoms with E-state index in [1.165, 1.54) is 10.4 Å². The van der Waals surface area contributed by atoms with Gasteiger partial charge in [-0.25, -0.2) is 10.5 Å². The van der Waals surface area contributed by atoms with Crippen LogP contribution in [0.2, 0.25) is 0 Å². The molecule has 148 valence electrons. The maximum Gasteiger partial charge on any atom is 0.272 e. The minimum Gasteiger partial charge on any atom is -0.382 e. The van der Waals surface area contributed by atoms with Crippen LogP contribution in [0.4, 0.5) is 5.82 Å². The molecule has 27 heavy (non-hydrogen) atoms. The van der Waals surface area contributed by atoms with Gasteiger partial charge in [0.25, 0.3) is 5.91 Å². The fourth-order valence-electron chi connectivity index (χ4n) is 3.25. The van der Waals surface area contributed by atoms with E-state index in [4.69, 9.17) is 5.21 Å². The van der Waals surface area contributed by atoms with Crippen LogP contribution in [0, 0.1) is 5.92 Å². The molecule has 9 heteroatoms. The van der Waals surface area contributed by atoms with Crippen molar-refractivity contribution in [2.75, 3.05) is 11.9 Å². The second-order valence-corrected chi connectivity index (χ2v) is 6.56. The van der Waals surface area contributed by atoms with Gasteiger partial charge in [0.15, 0.2) is 0 Å². The predicted molar refractivity (Wildman–Crippen MR) is 96.6 cm³/mol. The zero-order valence-electron chi connectivity index (χ0n) is 15.3. The lowest BCUT2D eigenvalue weighted by Gasteiger charge is -2.29. The highest BCUT2D eigenvalue weighted by atomic mass is 16.5. The maximum atomic E-state index is 13.0. The van der Waals surface area contributed by atoms with E-state index >= 15 is 0 Å². The molecule has 0 bridgehead atoms. The van der Waals surface area contributed by atoms with E-state index in [-0.39, 0.29) is 12.3 Å². The highest BCUT2D eigenvalue weighted by Gasteiger charge is 2.41. The Balaban J connectivity index is 2.12. The number of nitrogens with zero attached hydrogens (tertiary/aromatic N) is 2. The summed E-state index contributed by atoms with van der Waals surface area (Å²) in [5.41, 5.74) is 1.39. The number of carbonyl (C=O) groups is 3. The van der Waals surface area contributed by atoms with Gasteiger partial charge in [-0.2, -0.15) is 0 Å². The van der Waals surface area contributed by atoms with Gasteiger partial charge in [0.05, 0.1) is 5.92 Å². The number of aliphatic hydroxyl groups excluding tert-OH is 1. The molecule has 1 aromatic heterocycles. The van der Waals surface area contributed by atoms with Crippen LogP contribution < -0.4 is 10.8 Å². The number of rotatable bonds is 8. The van der Waals surface area contributed by atoms with Gasteiger partial charge < -0.3 is 15.3 Å². The number of amides is 3. The molecule has 2 rings (SSSR count). The number of hydroxylamine groups is 1. The van der Waals surface area contributed by atoms with E-state index in [0.717, 1.165) is 6.42 Å². The molecule has 2 heterocycles. The Hall–Kier alpha value is -2.52. The van der Waals surface area contributed by atoms with Crippen molar-refractivity contribution in [1.29, 1.82) is 0 Å². The largest absolute Gasteiger partial charge is 0.382 e. The molecule has 1 aromatic rings. The first-order chi connectivity index (χ1) is 13.0.